The first-order chi connectivity index (χ1) is 13.7. The van der Waals surface area contributed by atoms with Gasteiger partial charge in [-0.25, -0.2) is 4.79 Å². The summed E-state index contributed by atoms with van der Waals surface area (Å²) in [6, 6.07) is 8.49. The molecule has 1 aromatic rings. The molecule has 3 rings (SSSR count). The number of rotatable bonds is 6. The Bertz CT molecular complexity index is 805. The molecule has 0 amide bonds. The molecular formula is C20H22O9. The Morgan fingerprint density at radius 1 is 0.966 bits per heavy atom. The molecule has 0 bridgehead atoms. The van der Waals surface area contributed by atoms with Crippen LogP contribution in [-0.2, 0) is 38.1 Å². The molecule has 1 unspecified atom stereocenters. The Kier molecular flexibility index (Phi) is 5.88. The molecule has 2 fully saturated rings. The number of hydrogen-bond acceptors (Lipinski definition) is 9. The van der Waals surface area contributed by atoms with Crippen molar-refractivity contribution >= 4 is 23.9 Å². The van der Waals surface area contributed by atoms with Crippen molar-refractivity contribution in [3.8, 4) is 0 Å². The Morgan fingerprint density at radius 2 is 1.59 bits per heavy atom. The molecule has 1 heterocycles. The van der Waals surface area contributed by atoms with Crippen LogP contribution in [0.2, 0.25) is 0 Å². The summed E-state index contributed by atoms with van der Waals surface area (Å²) in [5, 5.41) is 0. The summed E-state index contributed by atoms with van der Waals surface area (Å²) in [4.78, 5) is 46.7. The van der Waals surface area contributed by atoms with Crippen molar-refractivity contribution in [2.75, 3.05) is 6.61 Å². The van der Waals surface area contributed by atoms with E-state index in [0.29, 0.717) is 12.0 Å². The smallest absolute Gasteiger partial charge is 0.338 e. The van der Waals surface area contributed by atoms with Gasteiger partial charge < -0.3 is 23.7 Å². The van der Waals surface area contributed by atoms with Crippen LogP contribution in [0.1, 0.15) is 37.6 Å². The number of ether oxygens (including phenoxy) is 5. The van der Waals surface area contributed by atoms with Gasteiger partial charge in [-0.1, -0.05) is 18.2 Å². The van der Waals surface area contributed by atoms with Gasteiger partial charge in [0.05, 0.1) is 12.2 Å². The van der Waals surface area contributed by atoms with Crippen LogP contribution in [0.15, 0.2) is 30.3 Å². The van der Waals surface area contributed by atoms with Crippen molar-refractivity contribution in [2.24, 2.45) is 5.92 Å². The van der Waals surface area contributed by atoms with Gasteiger partial charge in [-0.2, -0.15) is 0 Å². The molecule has 1 saturated heterocycles. The zero-order chi connectivity index (χ0) is 21.2. The van der Waals surface area contributed by atoms with E-state index in [1.165, 1.54) is 20.8 Å². The third-order valence-corrected chi connectivity index (χ3v) is 4.78. The summed E-state index contributed by atoms with van der Waals surface area (Å²) in [7, 11) is 0. The quantitative estimate of drug-likeness (QED) is 0.510. The third kappa shape index (κ3) is 4.56. The highest BCUT2D eigenvalue weighted by molar-refractivity contribution is 5.89. The van der Waals surface area contributed by atoms with Crippen molar-refractivity contribution in [2.45, 2.75) is 51.3 Å². The molecule has 9 heteroatoms. The van der Waals surface area contributed by atoms with E-state index in [0.717, 1.165) is 0 Å². The number of esters is 4. The van der Waals surface area contributed by atoms with Crippen molar-refractivity contribution in [1.29, 1.82) is 0 Å². The van der Waals surface area contributed by atoms with E-state index >= 15 is 0 Å². The summed E-state index contributed by atoms with van der Waals surface area (Å²) in [5.74, 6) is -2.71. The Balaban J connectivity index is 1.73. The van der Waals surface area contributed by atoms with Gasteiger partial charge in [0.1, 0.15) is 5.60 Å². The average molecular weight is 406 g/mol. The number of hydrogen-bond donors (Lipinski definition) is 0. The highest BCUT2D eigenvalue weighted by Crippen LogP contribution is 2.57. The molecular weight excluding hydrogens is 384 g/mol. The van der Waals surface area contributed by atoms with Crippen molar-refractivity contribution in [3.05, 3.63) is 35.9 Å². The van der Waals surface area contributed by atoms with Crippen LogP contribution in [-0.4, -0.2) is 54.6 Å². The van der Waals surface area contributed by atoms with Crippen molar-refractivity contribution in [3.63, 3.8) is 0 Å². The van der Waals surface area contributed by atoms with Crippen LogP contribution >= 0.6 is 0 Å². The highest BCUT2D eigenvalue weighted by Gasteiger charge is 2.73. The van der Waals surface area contributed by atoms with Gasteiger partial charge in [0, 0.05) is 26.7 Å². The molecule has 1 aliphatic heterocycles. The highest BCUT2D eigenvalue weighted by atomic mass is 16.8. The SMILES string of the molecule is CC(=O)OC1[C@H](OC(C)=O)[C@H](OC(C)=O)O[C@]12C[C@@H]2COC(=O)c1ccccc1. The summed E-state index contributed by atoms with van der Waals surface area (Å²) in [5.41, 5.74) is -0.662. The monoisotopic (exact) mass is 406 g/mol. The number of benzene rings is 1. The van der Waals surface area contributed by atoms with Crippen LogP contribution in [0.4, 0.5) is 0 Å². The molecule has 5 atom stereocenters. The molecule has 1 aromatic carbocycles. The van der Waals surface area contributed by atoms with E-state index in [9.17, 15) is 19.2 Å². The van der Waals surface area contributed by atoms with E-state index in [-0.39, 0.29) is 12.5 Å². The average Bonchev–Trinajstić information content (AvgIpc) is 3.28. The summed E-state index contributed by atoms with van der Waals surface area (Å²) < 4.78 is 26.9. The maximum absolute atomic E-state index is 12.2. The second-order valence-corrected chi connectivity index (χ2v) is 7.02. The molecule has 156 valence electrons. The summed E-state index contributed by atoms with van der Waals surface area (Å²) in [6.07, 6.45) is -2.96. The van der Waals surface area contributed by atoms with Crippen molar-refractivity contribution in [1.82, 2.24) is 0 Å². The second kappa shape index (κ2) is 8.20. The summed E-state index contributed by atoms with van der Waals surface area (Å²) in [6.45, 7) is 3.59. The van der Waals surface area contributed by atoms with Crippen LogP contribution < -0.4 is 0 Å². The topological polar surface area (TPSA) is 114 Å². The Hall–Kier alpha value is -2.94. The largest absolute Gasteiger partial charge is 0.462 e. The minimum Gasteiger partial charge on any atom is -0.462 e. The summed E-state index contributed by atoms with van der Waals surface area (Å²) >= 11 is 0. The molecule has 0 N–H and O–H groups in total. The fourth-order valence-electron chi connectivity index (χ4n) is 3.53. The van der Waals surface area contributed by atoms with Crippen molar-refractivity contribution < 1.29 is 42.9 Å². The van der Waals surface area contributed by atoms with Crippen LogP contribution in [0.25, 0.3) is 0 Å². The van der Waals surface area contributed by atoms with Gasteiger partial charge >= 0.3 is 23.9 Å². The van der Waals surface area contributed by atoms with Crippen LogP contribution in [0.5, 0.6) is 0 Å². The Labute approximate surface area is 167 Å². The normalized spacial score (nSPS) is 29.8. The van der Waals surface area contributed by atoms with Crippen LogP contribution in [0, 0.1) is 5.92 Å². The van der Waals surface area contributed by atoms with Gasteiger partial charge in [0.25, 0.3) is 0 Å². The lowest BCUT2D eigenvalue weighted by atomic mass is 10.1. The molecule has 0 aromatic heterocycles. The zero-order valence-corrected chi connectivity index (χ0v) is 16.3. The van der Waals surface area contributed by atoms with E-state index in [4.69, 9.17) is 23.7 Å². The molecule has 29 heavy (non-hydrogen) atoms. The molecule has 1 spiro atoms. The first-order valence-corrected chi connectivity index (χ1v) is 9.14. The fourth-order valence-corrected chi connectivity index (χ4v) is 3.53. The molecule has 1 aliphatic carbocycles. The number of carbonyl (C=O) groups excluding carboxylic acids is 4. The minimum atomic E-state index is -1.23. The van der Waals surface area contributed by atoms with Gasteiger partial charge in [-0.3, -0.25) is 14.4 Å². The predicted molar refractivity (Wildman–Crippen MR) is 95.3 cm³/mol. The second-order valence-electron chi connectivity index (χ2n) is 7.02. The first kappa shape index (κ1) is 20.8. The Morgan fingerprint density at radius 3 is 2.17 bits per heavy atom. The lowest BCUT2D eigenvalue weighted by Gasteiger charge is -2.23. The van der Waals surface area contributed by atoms with E-state index in [1.54, 1.807) is 30.3 Å². The van der Waals surface area contributed by atoms with E-state index in [2.05, 4.69) is 0 Å². The lowest BCUT2D eigenvalue weighted by molar-refractivity contribution is -0.197. The standard InChI is InChI=1S/C20H22O9/c1-11(21)26-16-17(27-12(2)22)20(29-19(16)28-13(3)23)9-15(20)10-25-18(24)14-7-5-4-6-8-14/h4-8,15-17,19H,9-10H2,1-3H3/t15-,16+,17?,19-,20+/m1/s1. The maximum atomic E-state index is 12.2. The zero-order valence-electron chi connectivity index (χ0n) is 16.3. The van der Waals surface area contributed by atoms with Gasteiger partial charge in [-0.15, -0.1) is 0 Å². The molecule has 9 nitrogen and oxygen atoms in total. The van der Waals surface area contributed by atoms with Gasteiger partial charge in [0.15, 0.2) is 6.10 Å². The fraction of sp³-hybridized carbons (Fsp3) is 0.500. The number of carbonyl (C=O) groups is 4. The van der Waals surface area contributed by atoms with Gasteiger partial charge in [-0.05, 0) is 18.6 Å². The predicted octanol–water partition coefficient (Wildman–Crippen LogP) is 1.38. The minimum absolute atomic E-state index is 0.00503. The third-order valence-electron chi connectivity index (χ3n) is 4.78. The lowest BCUT2D eigenvalue weighted by Crippen LogP contribution is -2.42. The van der Waals surface area contributed by atoms with E-state index in [1.807, 2.05) is 0 Å². The van der Waals surface area contributed by atoms with E-state index < -0.39 is 48.0 Å². The molecule has 0 radical (unpaired) electrons. The molecule has 1 saturated carbocycles. The molecule has 2 aliphatic rings. The van der Waals surface area contributed by atoms with Crippen LogP contribution in [0.3, 0.4) is 0 Å². The first-order valence-electron chi connectivity index (χ1n) is 9.14. The maximum Gasteiger partial charge on any atom is 0.338 e. The van der Waals surface area contributed by atoms with Gasteiger partial charge in [0.2, 0.25) is 12.4 Å².